The van der Waals surface area contributed by atoms with Crippen LogP contribution in [-0.4, -0.2) is 23.4 Å². The second-order valence-corrected chi connectivity index (χ2v) is 10.2. The van der Waals surface area contributed by atoms with Gasteiger partial charge in [-0.15, -0.1) is 0 Å². The van der Waals surface area contributed by atoms with E-state index in [0.717, 1.165) is 42.6 Å². The summed E-state index contributed by atoms with van der Waals surface area (Å²) in [5.41, 5.74) is 1.26. The van der Waals surface area contributed by atoms with Gasteiger partial charge in [-0.3, -0.25) is 9.79 Å². The van der Waals surface area contributed by atoms with Crippen molar-refractivity contribution in [1.29, 1.82) is 0 Å². The van der Waals surface area contributed by atoms with Gasteiger partial charge in [-0.2, -0.15) is 0 Å². The van der Waals surface area contributed by atoms with Gasteiger partial charge in [0.25, 0.3) is 0 Å². The third-order valence-corrected chi connectivity index (χ3v) is 8.49. The Kier molecular flexibility index (Phi) is 2.18. The summed E-state index contributed by atoms with van der Waals surface area (Å²) in [6, 6.07) is 0. The van der Waals surface area contributed by atoms with Crippen LogP contribution in [0.4, 0.5) is 0 Å². The van der Waals surface area contributed by atoms with E-state index in [1.54, 1.807) is 11.8 Å². The van der Waals surface area contributed by atoms with Crippen molar-refractivity contribution in [2.45, 2.75) is 52.4 Å². The highest BCUT2D eigenvalue weighted by atomic mass is 32.2. The zero-order valence-corrected chi connectivity index (χ0v) is 13.8. The van der Waals surface area contributed by atoms with Gasteiger partial charge in [0.1, 0.15) is 0 Å². The number of thioether (sulfide) groups is 1. The van der Waals surface area contributed by atoms with E-state index in [2.05, 4.69) is 24.2 Å². The van der Waals surface area contributed by atoms with Crippen LogP contribution < -0.4 is 5.32 Å². The summed E-state index contributed by atoms with van der Waals surface area (Å²) in [7, 11) is 0. The van der Waals surface area contributed by atoms with Crippen LogP contribution in [0.5, 0.6) is 0 Å². The van der Waals surface area contributed by atoms with Crippen molar-refractivity contribution in [3.63, 3.8) is 0 Å². The molecule has 5 aliphatic rings. The van der Waals surface area contributed by atoms with Crippen LogP contribution in [0, 0.1) is 27.6 Å². The molecule has 3 bridgehead atoms. The number of hydrogen-bond acceptors (Lipinski definition) is 3. The molecule has 4 saturated carbocycles. The SMILES string of the molecule is CC12CC3CC4(C)CC(C(=O)NC5=NCCS5)(C1)CC34C2. The molecule has 4 aliphatic carbocycles. The van der Waals surface area contributed by atoms with Crippen molar-refractivity contribution in [2.75, 3.05) is 12.3 Å². The molecule has 1 amide bonds. The summed E-state index contributed by atoms with van der Waals surface area (Å²) in [5, 5.41) is 4.05. The van der Waals surface area contributed by atoms with Crippen molar-refractivity contribution >= 4 is 22.8 Å². The minimum absolute atomic E-state index is 0.0985. The molecule has 5 unspecified atom stereocenters. The average molecular weight is 304 g/mol. The molecule has 1 heterocycles. The van der Waals surface area contributed by atoms with E-state index >= 15 is 0 Å². The normalized spacial score (nSPS) is 56.1. The molecule has 114 valence electrons. The number of carbonyl (C=O) groups is 1. The van der Waals surface area contributed by atoms with Gasteiger partial charge in [-0.1, -0.05) is 25.6 Å². The zero-order valence-electron chi connectivity index (χ0n) is 13.0. The second-order valence-electron chi connectivity index (χ2n) is 9.11. The summed E-state index contributed by atoms with van der Waals surface area (Å²) >= 11 is 1.70. The molecule has 21 heavy (non-hydrogen) atoms. The van der Waals surface area contributed by atoms with Crippen molar-refractivity contribution < 1.29 is 4.79 Å². The molecule has 1 spiro atoms. The lowest BCUT2D eigenvalue weighted by Gasteiger charge is -2.57. The Morgan fingerprint density at radius 2 is 2.10 bits per heavy atom. The van der Waals surface area contributed by atoms with E-state index < -0.39 is 0 Å². The van der Waals surface area contributed by atoms with E-state index in [1.165, 1.54) is 19.3 Å². The van der Waals surface area contributed by atoms with Gasteiger partial charge in [0, 0.05) is 5.75 Å². The Balaban J connectivity index is 1.50. The first-order valence-electron chi connectivity index (χ1n) is 8.38. The Morgan fingerprint density at radius 3 is 2.86 bits per heavy atom. The van der Waals surface area contributed by atoms with E-state index in [1.807, 2.05) is 0 Å². The smallest absolute Gasteiger partial charge is 0.232 e. The number of amides is 1. The molecule has 5 rings (SSSR count). The molecule has 0 aromatic rings. The Hall–Kier alpha value is -0.510. The van der Waals surface area contributed by atoms with Crippen LogP contribution in [0.2, 0.25) is 0 Å². The van der Waals surface area contributed by atoms with Crippen LogP contribution in [0.1, 0.15) is 52.4 Å². The van der Waals surface area contributed by atoms with Crippen molar-refractivity contribution in [2.24, 2.45) is 32.6 Å². The molecule has 0 aromatic heterocycles. The molecule has 1 N–H and O–H groups in total. The first kappa shape index (κ1) is 13.0. The number of rotatable bonds is 1. The molecular weight excluding hydrogens is 280 g/mol. The third kappa shape index (κ3) is 1.39. The Bertz CT molecular complexity index is 585. The van der Waals surface area contributed by atoms with Crippen molar-refractivity contribution in [1.82, 2.24) is 5.32 Å². The van der Waals surface area contributed by atoms with E-state index in [9.17, 15) is 4.79 Å². The molecule has 0 aromatic carbocycles. The minimum Gasteiger partial charge on any atom is -0.305 e. The lowest BCUT2D eigenvalue weighted by molar-refractivity contribution is -0.133. The van der Waals surface area contributed by atoms with Gasteiger partial charge in [-0.05, 0) is 60.7 Å². The summed E-state index contributed by atoms with van der Waals surface area (Å²) in [5.74, 6) is 2.21. The number of carbonyl (C=O) groups excluding carboxylic acids is 1. The van der Waals surface area contributed by atoms with E-state index in [0.29, 0.717) is 16.2 Å². The molecule has 0 saturated heterocycles. The fraction of sp³-hybridized carbons (Fsp3) is 0.882. The lowest BCUT2D eigenvalue weighted by Crippen LogP contribution is -2.50. The standard InChI is InChI=1S/C17H24N2OS/c1-14-5-11-6-15(2)9-16(7-14,10-17(11,15)8-14)12(20)19-13-18-3-4-21-13/h11H,3-10H2,1-2H3,(H,18,19,20). The van der Waals surface area contributed by atoms with Crippen LogP contribution >= 0.6 is 11.8 Å². The fourth-order valence-electron chi connectivity index (χ4n) is 7.40. The molecule has 4 heteroatoms. The topological polar surface area (TPSA) is 41.5 Å². The Labute approximate surface area is 130 Å². The largest absolute Gasteiger partial charge is 0.305 e. The molecule has 0 radical (unpaired) electrons. The first-order chi connectivity index (χ1) is 9.89. The number of hydrogen-bond donors (Lipinski definition) is 1. The first-order valence-corrected chi connectivity index (χ1v) is 9.36. The molecule has 3 nitrogen and oxygen atoms in total. The van der Waals surface area contributed by atoms with Gasteiger partial charge >= 0.3 is 0 Å². The predicted molar refractivity (Wildman–Crippen MR) is 85.2 cm³/mol. The van der Waals surface area contributed by atoms with Gasteiger partial charge in [-0.25, -0.2) is 0 Å². The van der Waals surface area contributed by atoms with Crippen LogP contribution in [0.3, 0.4) is 0 Å². The van der Waals surface area contributed by atoms with Crippen LogP contribution in [0.15, 0.2) is 4.99 Å². The van der Waals surface area contributed by atoms with Crippen molar-refractivity contribution in [3.8, 4) is 0 Å². The summed E-state index contributed by atoms with van der Waals surface area (Å²) < 4.78 is 0. The van der Waals surface area contributed by atoms with Gasteiger partial charge in [0.2, 0.25) is 5.91 Å². The third-order valence-electron chi connectivity index (χ3n) is 7.60. The Morgan fingerprint density at radius 1 is 1.24 bits per heavy atom. The number of aliphatic imine (C=N–C) groups is 1. The van der Waals surface area contributed by atoms with Gasteiger partial charge in [0.15, 0.2) is 5.17 Å². The van der Waals surface area contributed by atoms with Crippen molar-refractivity contribution in [3.05, 3.63) is 0 Å². The monoisotopic (exact) mass is 304 g/mol. The lowest BCUT2D eigenvalue weighted by atomic mass is 9.47. The number of fused-ring (bicyclic) bond motifs is 2. The van der Waals surface area contributed by atoms with E-state index in [4.69, 9.17) is 0 Å². The molecular formula is C17H24N2OS. The maximum absolute atomic E-state index is 13.1. The van der Waals surface area contributed by atoms with Gasteiger partial charge < -0.3 is 5.32 Å². The number of nitrogens with one attached hydrogen (secondary N) is 1. The van der Waals surface area contributed by atoms with E-state index in [-0.39, 0.29) is 11.3 Å². The molecule has 4 fully saturated rings. The highest BCUT2D eigenvalue weighted by Gasteiger charge is 2.79. The maximum atomic E-state index is 13.1. The number of amidine groups is 1. The second kappa shape index (κ2) is 3.52. The van der Waals surface area contributed by atoms with Gasteiger partial charge in [0.05, 0.1) is 12.0 Å². The van der Waals surface area contributed by atoms with Crippen LogP contribution in [0.25, 0.3) is 0 Å². The zero-order chi connectivity index (χ0) is 14.5. The minimum atomic E-state index is -0.0985. The predicted octanol–water partition coefficient (Wildman–Crippen LogP) is 3.20. The quantitative estimate of drug-likeness (QED) is 0.808. The summed E-state index contributed by atoms with van der Waals surface area (Å²) in [6.45, 7) is 5.77. The molecule has 5 atom stereocenters. The highest BCUT2D eigenvalue weighted by molar-refractivity contribution is 8.14. The van der Waals surface area contributed by atoms with Crippen LogP contribution in [-0.2, 0) is 4.79 Å². The number of nitrogens with zero attached hydrogens (tertiary/aromatic N) is 1. The molecule has 1 aliphatic heterocycles. The summed E-state index contributed by atoms with van der Waals surface area (Å²) in [6.07, 6.45) is 7.50. The summed E-state index contributed by atoms with van der Waals surface area (Å²) in [4.78, 5) is 17.5. The highest BCUT2D eigenvalue weighted by Crippen LogP contribution is 2.86. The maximum Gasteiger partial charge on any atom is 0.232 e. The fourth-order valence-corrected chi connectivity index (χ4v) is 8.12. The average Bonchev–Trinajstić information content (AvgIpc) is 2.98.